The van der Waals surface area contributed by atoms with E-state index in [4.69, 9.17) is 5.84 Å². The Morgan fingerprint density at radius 2 is 2.00 bits per heavy atom. The van der Waals surface area contributed by atoms with Crippen LogP contribution in [0.3, 0.4) is 0 Å². The van der Waals surface area contributed by atoms with Crippen molar-refractivity contribution < 1.29 is 0 Å². The highest BCUT2D eigenvalue weighted by Crippen LogP contribution is 2.35. The number of aromatic nitrogens is 2. The molecule has 0 radical (unpaired) electrons. The monoisotopic (exact) mass is 342 g/mol. The van der Waals surface area contributed by atoms with Gasteiger partial charge in [-0.3, -0.25) is 16.0 Å². The smallest absolute Gasteiger partial charge is 0.0712 e. The van der Waals surface area contributed by atoms with Crippen molar-refractivity contribution in [2.45, 2.75) is 70.9 Å². The van der Waals surface area contributed by atoms with Gasteiger partial charge in [0.05, 0.1) is 22.4 Å². The average Bonchev–Trinajstić information content (AvgIpc) is 2.75. The van der Waals surface area contributed by atoms with Crippen LogP contribution < -0.4 is 11.3 Å². The molecule has 1 fully saturated rings. The summed E-state index contributed by atoms with van der Waals surface area (Å²) in [4.78, 5) is 0. The maximum atomic E-state index is 5.91. The molecule has 0 amide bonds. The van der Waals surface area contributed by atoms with E-state index in [1.165, 1.54) is 50.6 Å². The van der Waals surface area contributed by atoms with Gasteiger partial charge >= 0.3 is 0 Å². The summed E-state index contributed by atoms with van der Waals surface area (Å²) in [5.74, 6) is 6.52. The van der Waals surface area contributed by atoms with Crippen LogP contribution >= 0.6 is 15.9 Å². The number of nitrogens with one attached hydrogen (secondary N) is 1. The summed E-state index contributed by atoms with van der Waals surface area (Å²) < 4.78 is 3.18. The Balaban J connectivity index is 2.19. The zero-order valence-corrected chi connectivity index (χ0v) is 14.0. The Bertz CT molecular complexity index is 397. The van der Waals surface area contributed by atoms with E-state index in [1.54, 1.807) is 0 Å². The second kappa shape index (κ2) is 8.15. The molecule has 4 nitrogen and oxygen atoms in total. The Morgan fingerprint density at radius 3 is 2.60 bits per heavy atom. The van der Waals surface area contributed by atoms with Gasteiger partial charge in [-0.05, 0) is 41.1 Å². The highest BCUT2D eigenvalue weighted by molar-refractivity contribution is 9.10. The lowest BCUT2D eigenvalue weighted by Gasteiger charge is -2.29. The van der Waals surface area contributed by atoms with Crippen molar-refractivity contribution in [2.24, 2.45) is 11.8 Å². The molecule has 0 aromatic carbocycles. The fraction of sp³-hybridized carbons (Fsp3) is 0.800. The van der Waals surface area contributed by atoms with Crippen molar-refractivity contribution >= 4 is 15.9 Å². The quantitative estimate of drug-likeness (QED) is 0.629. The van der Waals surface area contributed by atoms with Crippen molar-refractivity contribution in [1.82, 2.24) is 15.2 Å². The van der Waals surface area contributed by atoms with E-state index >= 15 is 0 Å². The molecule has 2 rings (SSSR count). The van der Waals surface area contributed by atoms with Crippen molar-refractivity contribution in [3.63, 3.8) is 0 Å². The first-order valence-corrected chi connectivity index (χ1v) is 8.74. The number of halogens is 1. The minimum Gasteiger partial charge on any atom is -0.271 e. The molecule has 1 saturated carbocycles. The predicted molar refractivity (Wildman–Crippen MR) is 86.1 cm³/mol. The molecule has 1 aliphatic rings. The molecule has 20 heavy (non-hydrogen) atoms. The Kier molecular flexibility index (Phi) is 6.52. The van der Waals surface area contributed by atoms with Crippen LogP contribution in [0.5, 0.6) is 0 Å². The van der Waals surface area contributed by atoms with Crippen LogP contribution in [0.15, 0.2) is 10.7 Å². The third-order valence-electron chi connectivity index (χ3n) is 4.36. The van der Waals surface area contributed by atoms with Gasteiger partial charge in [-0.15, -0.1) is 0 Å². The summed E-state index contributed by atoms with van der Waals surface area (Å²) in [6.45, 7) is 3.13. The fourth-order valence-electron chi connectivity index (χ4n) is 3.33. The highest BCUT2D eigenvalue weighted by atomic mass is 79.9. The molecule has 1 atom stereocenters. The molecule has 5 heteroatoms. The largest absolute Gasteiger partial charge is 0.271 e. The highest BCUT2D eigenvalue weighted by Gasteiger charge is 2.27. The summed E-state index contributed by atoms with van der Waals surface area (Å²) in [5.41, 5.74) is 4.29. The van der Waals surface area contributed by atoms with Crippen LogP contribution in [0.2, 0.25) is 0 Å². The van der Waals surface area contributed by atoms with Crippen LogP contribution in [0.25, 0.3) is 0 Å². The summed E-state index contributed by atoms with van der Waals surface area (Å²) in [6.07, 6.45) is 12.3. The number of aryl methyl sites for hydroxylation is 1. The molecule has 0 saturated heterocycles. The molecule has 1 unspecified atom stereocenters. The Labute approximate surface area is 130 Å². The summed E-state index contributed by atoms with van der Waals surface area (Å²) >= 11 is 3.65. The summed E-state index contributed by atoms with van der Waals surface area (Å²) in [6, 6.07) is 0.205. The van der Waals surface area contributed by atoms with E-state index < -0.39 is 0 Å². The van der Waals surface area contributed by atoms with Gasteiger partial charge in [0.15, 0.2) is 0 Å². The van der Waals surface area contributed by atoms with Crippen LogP contribution in [-0.4, -0.2) is 9.78 Å². The normalized spacial score (nSPS) is 19.6. The van der Waals surface area contributed by atoms with Gasteiger partial charge in [0.25, 0.3) is 0 Å². The van der Waals surface area contributed by atoms with Crippen LogP contribution in [0.1, 0.15) is 70.0 Å². The molecule has 0 spiro atoms. The zero-order valence-electron chi connectivity index (χ0n) is 12.4. The van der Waals surface area contributed by atoms with E-state index in [9.17, 15) is 0 Å². The topological polar surface area (TPSA) is 55.9 Å². The van der Waals surface area contributed by atoms with Gasteiger partial charge in [0.1, 0.15) is 0 Å². The lowest BCUT2D eigenvalue weighted by molar-refractivity contribution is 0.277. The summed E-state index contributed by atoms with van der Waals surface area (Å²) in [7, 11) is 0. The lowest BCUT2D eigenvalue weighted by atomic mass is 9.84. The molecule has 114 valence electrons. The van der Waals surface area contributed by atoms with Crippen molar-refractivity contribution in [1.29, 1.82) is 0 Å². The van der Waals surface area contributed by atoms with Gasteiger partial charge < -0.3 is 0 Å². The molecular weight excluding hydrogens is 316 g/mol. The molecule has 1 aromatic rings. The number of nitrogens with two attached hydrogens (primary N) is 1. The molecule has 1 aliphatic carbocycles. The third kappa shape index (κ3) is 3.83. The fourth-order valence-corrected chi connectivity index (χ4v) is 3.87. The SMILES string of the molecule is CCCn1ncc(Br)c1C(NN)C1CCCCCCC1. The number of hydrazine groups is 1. The Hall–Kier alpha value is -0.390. The van der Waals surface area contributed by atoms with Crippen LogP contribution in [0.4, 0.5) is 0 Å². The van der Waals surface area contributed by atoms with Crippen LogP contribution in [0, 0.1) is 5.92 Å². The molecule has 3 N–H and O–H groups in total. The van der Waals surface area contributed by atoms with Crippen molar-refractivity contribution in [2.75, 3.05) is 0 Å². The zero-order chi connectivity index (χ0) is 14.4. The predicted octanol–water partition coefficient (Wildman–Crippen LogP) is 3.92. The van der Waals surface area contributed by atoms with Gasteiger partial charge in [-0.1, -0.05) is 39.0 Å². The molecule has 1 aromatic heterocycles. The van der Waals surface area contributed by atoms with E-state index in [2.05, 4.69) is 38.1 Å². The van der Waals surface area contributed by atoms with Crippen molar-refractivity contribution in [3.05, 3.63) is 16.4 Å². The van der Waals surface area contributed by atoms with E-state index in [1.807, 2.05) is 6.20 Å². The van der Waals surface area contributed by atoms with E-state index in [0.29, 0.717) is 5.92 Å². The number of hydrogen-bond donors (Lipinski definition) is 2. The molecular formula is C15H27BrN4. The first kappa shape index (κ1) is 16.0. The first-order chi connectivity index (χ1) is 9.77. The molecule has 0 bridgehead atoms. The Morgan fingerprint density at radius 1 is 1.35 bits per heavy atom. The summed E-state index contributed by atoms with van der Waals surface area (Å²) in [5, 5.41) is 4.49. The van der Waals surface area contributed by atoms with Gasteiger partial charge in [-0.2, -0.15) is 5.10 Å². The maximum absolute atomic E-state index is 5.91. The van der Waals surface area contributed by atoms with Crippen LogP contribution in [-0.2, 0) is 6.54 Å². The molecule has 0 aliphatic heterocycles. The minimum atomic E-state index is 0.205. The average molecular weight is 343 g/mol. The van der Waals surface area contributed by atoms with E-state index in [0.717, 1.165) is 17.4 Å². The van der Waals surface area contributed by atoms with E-state index in [-0.39, 0.29) is 6.04 Å². The molecule has 1 heterocycles. The standard InChI is InChI=1S/C15H27BrN4/c1-2-10-20-15(13(16)11-18-20)14(19-17)12-8-6-4-3-5-7-9-12/h11-12,14,19H,2-10,17H2,1H3. The second-order valence-electron chi connectivity index (χ2n) is 5.85. The number of nitrogens with zero attached hydrogens (tertiary/aromatic N) is 2. The number of hydrogen-bond acceptors (Lipinski definition) is 3. The maximum Gasteiger partial charge on any atom is 0.0712 e. The van der Waals surface area contributed by atoms with Gasteiger partial charge in [-0.25, -0.2) is 0 Å². The third-order valence-corrected chi connectivity index (χ3v) is 4.98. The lowest BCUT2D eigenvalue weighted by Crippen LogP contribution is -2.35. The first-order valence-electron chi connectivity index (χ1n) is 7.95. The van der Waals surface area contributed by atoms with Crippen molar-refractivity contribution in [3.8, 4) is 0 Å². The van der Waals surface area contributed by atoms with Gasteiger partial charge in [0.2, 0.25) is 0 Å². The second-order valence-corrected chi connectivity index (χ2v) is 6.70. The minimum absolute atomic E-state index is 0.205. The van der Waals surface area contributed by atoms with Gasteiger partial charge in [0, 0.05) is 6.54 Å². The number of rotatable bonds is 5.